The predicted octanol–water partition coefficient (Wildman–Crippen LogP) is 0.899. The maximum absolute atomic E-state index is 12.4. The molecule has 0 N–H and O–H groups in total. The third kappa shape index (κ3) is 2.06. The van der Waals surface area contributed by atoms with Crippen LogP contribution in [0.25, 0.3) is 0 Å². The van der Waals surface area contributed by atoms with Gasteiger partial charge in [-0.25, -0.2) is 4.79 Å². The number of fused-ring (bicyclic) bond motifs is 1. The van der Waals surface area contributed by atoms with Gasteiger partial charge in [0.15, 0.2) is 0 Å². The Hall–Kier alpha value is -1.26. The van der Waals surface area contributed by atoms with E-state index in [2.05, 4.69) is 0 Å². The van der Waals surface area contributed by atoms with Crippen molar-refractivity contribution in [2.45, 2.75) is 38.1 Å². The summed E-state index contributed by atoms with van der Waals surface area (Å²) in [4.78, 5) is 29.9. The number of likely N-dealkylation sites (tertiary alicyclic amines) is 1. The Labute approximate surface area is 108 Å². The summed E-state index contributed by atoms with van der Waals surface area (Å²) < 4.78 is 0. The van der Waals surface area contributed by atoms with E-state index in [-0.39, 0.29) is 18.0 Å². The van der Waals surface area contributed by atoms with Gasteiger partial charge >= 0.3 is 6.03 Å². The zero-order valence-electron chi connectivity index (χ0n) is 10.8. The number of carbonyl (C=O) groups is 2. The predicted molar refractivity (Wildman–Crippen MR) is 67.1 cm³/mol. The Morgan fingerprint density at radius 2 is 1.78 bits per heavy atom. The van der Waals surface area contributed by atoms with Crippen molar-refractivity contribution in [3.63, 3.8) is 0 Å². The van der Waals surface area contributed by atoms with E-state index in [4.69, 9.17) is 0 Å². The van der Waals surface area contributed by atoms with Crippen molar-refractivity contribution in [3.05, 3.63) is 0 Å². The first-order chi connectivity index (χ1) is 8.75. The minimum Gasteiger partial charge on any atom is -0.336 e. The monoisotopic (exact) mass is 251 g/mol. The van der Waals surface area contributed by atoms with E-state index in [1.807, 2.05) is 14.7 Å². The molecule has 5 nitrogen and oxygen atoms in total. The number of amides is 3. The molecule has 0 aromatic carbocycles. The average Bonchev–Trinajstić information content (AvgIpc) is 2.80. The second-order valence-electron chi connectivity index (χ2n) is 5.56. The number of piperazine rings is 1. The standard InChI is InChI=1S/C13H21N3O2/c17-12-5-4-11-10-15(8-9-16(11)12)13(18)14-6-2-1-3-7-14/h11H,1-10H2. The summed E-state index contributed by atoms with van der Waals surface area (Å²) in [5, 5.41) is 0. The van der Waals surface area contributed by atoms with Gasteiger partial charge in [0.1, 0.15) is 0 Å². The fourth-order valence-corrected chi connectivity index (χ4v) is 3.32. The molecule has 3 aliphatic rings. The molecule has 0 radical (unpaired) electrons. The first-order valence-electron chi connectivity index (χ1n) is 7.09. The van der Waals surface area contributed by atoms with Crippen molar-refractivity contribution in [1.29, 1.82) is 0 Å². The maximum Gasteiger partial charge on any atom is 0.320 e. The Morgan fingerprint density at radius 1 is 1.00 bits per heavy atom. The first kappa shape index (κ1) is 11.8. The van der Waals surface area contributed by atoms with E-state index in [0.29, 0.717) is 13.0 Å². The van der Waals surface area contributed by atoms with E-state index in [0.717, 1.165) is 45.4 Å². The summed E-state index contributed by atoms with van der Waals surface area (Å²) in [6.45, 7) is 3.98. The highest BCUT2D eigenvalue weighted by Gasteiger charge is 2.37. The normalized spacial score (nSPS) is 28.6. The molecule has 3 amide bonds. The molecule has 0 aromatic rings. The number of urea groups is 1. The highest BCUT2D eigenvalue weighted by molar-refractivity contribution is 5.80. The molecule has 0 aromatic heterocycles. The molecule has 5 heteroatoms. The maximum atomic E-state index is 12.4. The van der Waals surface area contributed by atoms with E-state index in [1.165, 1.54) is 6.42 Å². The Bertz CT molecular complexity index is 352. The molecule has 1 unspecified atom stereocenters. The molecule has 3 saturated heterocycles. The summed E-state index contributed by atoms with van der Waals surface area (Å²) in [7, 11) is 0. The van der Waals surface area contributed by atoms with Crippen molar-refractivity contribution in [1.82, 2.24) is 14.7 Å². The zero-order chi connectivity index (χ0) is 12.5. The highest BCUT2D eigenvalue weighted by Crippen LogP contribution is 2.23. The van der Waals surface area contributed by atoms with Crippen LogP contribution in [-0.2, 0) is 4.79 Å². The van der Waals surface area contributed by atoms with E-state index >= 15 is 0 Å². The van der Waals surface area contributed by atoms with Gasteiger partial charge in [-0.3, -0.25) is 4.79 Å². The zero-order valence-corrected chi connectivity index (χ0v) is 10.8. The quantitative estimate of drug-likeness (QED) is 0.642. The Balaban J connectivity index is 1.60. The second kappa shape index (κ2) is 4.78. The molecule has 100 valence electrons. The molecule has 3 fully saturated rings. The second-order valence-corrected chi connectivity index (χ2v) is 5.56. The van der Waals surface area contributed by atoms with Crippen LogP contribution < -0.4 is 0 Å². The number of nitrogens with zero attached hydrogens (tertiary/aromatic N) is 3. The lowest BCUT2D eigenvalue weighted by molar-refractivity contribution is -0.130. The molecule has 3 rings (SSSR count). The van der Waals surface area contributed by atoms with Gasteiger partial charge in [-0.15, -0.1) is 0 Å². The summed E-state index contributed by atoms with van der Waals surface area (Å²) in [5.41, 5.74) is 0. The number of piperidine rings is 1. The lowest BCUT2D eigenvalue weighted by Crippen LogP contribution is -2.56. The van der Waals surface area contributed by atoms with Crippen LogP contribution in [0.1, 0.15) is 32.1 Å². The average molecular weight is 251 g/mol. The molecule has 0 spiro atoms. The van der Waals surface area contributed by atoms with Gasteiger partial charge in [-0.05, 0) is 25.7 Å². The van der Waals surface area contributed by atoms with Crippen LogP contribution in [0.15, 0.2) is 0 Å². The molecule has 1 atom stereocenters. The third-order valence-electron chi connectivity index (χ3n) is 4.39. The topological polar surface area (TPSA) is 43.9 Å². The fourth-order valence-electron chi connectivity index (χ4n) is 3.32. The smallest absolute Gasteiger partial charge is 0.320 e. The summed E-state index contributed by atoms with van der Waals surface area (Å²) in [6.07, 6.45) is 5.09. The molecule has 0 aliphatic carbocycles. The van der Waals surface area contributed by atoms with Crippen LogP contribution in [0.3, 0.4) is 0 Å². The summed E-state index contributed by atoms with van der Waals surface area (Å²) in [6, 6.07) is 0.466. The van der Waals surface area contributed by atoms with Gasteiger partial charge in [0, 0.05) is 45.2 Å². The van der Waals surface area contributed by atoms with Crippen LogP contribution >= 0.6 is 0 Å². The van der Waals surface area contributed by atoms with Gasteiger partial charge in [0.05, 0.1) is 0 Å². The van der Waals surface area contributed by atoms with Crippen LogP contribution in [0.5, 0.6) is 0 Å². The third-order valence-corrected chi connectivity index (χ3v) is 4.39. The van der Waals surface area contributed by atoms with Gasteiger partial charge in [-0.2, -0.15) is 0 Å². The number of hydrogen-bond donors (Lipinski definition) is 0. The van der Waals surface area contributed by atoms with E-state index in [1.54, 1.807) is 0 Å². The Morgan fingerprint density at radius 3 is 2.56 bits per heavy atom. The van der Waals surface area contributed by atoms with Crippen molar-refractivity contribution in [2.75, 3.05) is 32.7 Å². The van der Waals surface area contributed by atoms with Crippen LogP contribution in [0, 0.1) is 0 Å². The van der Waals surface area contributed by atoms with Crippen molar-refractivity contribution < 1.29 is 9.59 Å². The van der Waals surface area contributed by atoms with Gasteiger partial charge < -0.3 is 14.7 Å². The lowest BCUT2D eigenvalue weighted by Gasteiger charge is -2.40. The fraction of sp³-hybridized carbons (Fsp3) is 0.846. The van der Waals surface area contributed by atoms with Crippen LogP contribution in [-0.4, -0.2) is 65.4 Å². The van der Waals surface area contributed by atoms with Crippen LogP contribution in [0.2, 0.25) is 0 Å². The SMILES string of the molecule is O=C(N1CCCCC1)N1CCN2C(=O)CCC2C1. The van der Waals surface area contributed by atoms with E-state index < -0.39 is 0 Å². The van der Waals surface area contributed by atoms with Crippen molar-refractivity contribution in [3.8, 4) is 0 Å². The van der Waals surface area contributed by atoms with Crippen molar-refractivity contribution in [2.24, 2.45) is 0 Å². The summed E-state index contributed by atoms with van der Waals surface area (Å²) >= 11 is 0. The first-order valence-corrected chi connectivity index (χ1v) is 7.09. The van der Waals surface area contributed by atoms with Gasteiger partial charge in [-0.1, -0.05) is 0 Å². The largest absolute Gasteiger partial charge is 0.336 e. The molecule has 0 bridgehead atoms. The molecule has 0 saturated carbocycles. The number of hydrogen-bond acceptors (Lipinski definition) is 2. The summed E-state index contributed by atoms with van der Waals surface area (Å²) in [5.74, 6) is 0.269. The van der Waals surface area contributed by atoms with Crippen LogP contribution in [0.4, 0.5) is 4.79 Å². The minimum atomic E-state index is 0.189. The molecule has 3 heterocycles. The van der Waals surface area contributed by atoms with Crippen molar-refractivity contribution >= 4 is 11.9 Å². The molecular formula is C13H21N3O2. The number of carbonyl (C=O) groups excluding carboxylic acids is 2. The van der Waals surface area contributed by atoms with E-state index in [9.17, 15) is 9.59 Å². The van der Waals surface area contributed by atoms with Gasteiger partial charge in [0.2, 0.25) is 5.91 Å². The molecule has 3 aliphatic heterocycles. The number of rotatable bonds is 0. The highest BCUT2D eigenvalue weighted by atomic mass is 16.2. The Kier molecular flexibility index (Phi) is 3.14. The molecular weight excluding hydrogens is 230 g/mol. The molecule has 18 heavy (non-hydrogen) atoms. The lowest BCUT2D eigenvalue weighted by atomic mass is 10.1. The minimum absolute atomic E-state index is 0.189. The van der Waals surface area contributed by atoms with Gasteiger partial charge in [0.25, 0.3) is 0 Å².